The Hall–Kier alpha value is 0.411. The summed E-state index contributed by atoms with van der Waals surface area (Å²) in [6.07, 6.45) is -3.24. The van der Waals surface area contributed by atoms with Gasteiger partial charge in [-0.05, 0) is 58.9 Å². The highest BCUT2D eigenvalue weighted by Gasteiger charge is 2.50. The molecule has 2 N–H and O–H groups in total. The van der Waals surface area contributed by atoms with Crippen LogP contribution in [0.15, 0.2) is 0 Å². The smallest absolute Gasteiger partial charge is 0.184 e. The van der Waals surface area contributed by atoms with Crippen molar-refractivity contribution in [3.63, 3.8) is 0 Å². The van der Waals surface area contributed by atoms with Crippen LogP contribution in [0.25, 0.3) is 0 Å². The fourth-order valence-electron chi connectivity index (χ4n) is 2.67. The summed E-state index contributed by atoms with van der Waals surface area (Å²) in [6.45, 7) is 18.5. The van der Waals surface area contributed by atoms with E-state index in [1.54, 1.807) is 0 Å². The van der Waals surface area contributed by atoms with Crippen molar-refractivity contribution in [3.8, 4) is 0 Å². The van der Waals surface area contributed by atoms with Gasteiger partial charge in [-0.1, -0.05) is 0 Å². The third kappa shape index (κ3) is 7.34. The van der Waals surface area contributed by atoms with E-state index >= 15 is 0 Å². The van der Waals surface area contributed by atoms with Crippen LogP contribution in [0.3, 0.4) is 0 Å². The molecule has 1 aliphatic heterocycles. The molecule has 5 atom stereocenters. The molecule has 0 aromatic rings. The number of aliphatic hydroxyl groups excluding tert-OH is 2. The third-order valence-electron chi connectivity index (χ3n) is 3.26. The molecule has 6 nitrogen and oxygen atoms in total. The lowest BCUT2D eigenvalue weighted by Gasteiger charge is -2.49. The molecule has 0 aromatic heterocycles. The maximum Gasteiger partial charge on any atom is 0.184 e. The van der Waals surface area contributed by atoms with Gasteiger partial charge in [0.25, 0.3) is 0 Å². The molecule has 24 heavy (non-hydrogen) atoms. The van der Waals surface area contributed by atoms with Gasteiger partial charge < -0.3 is 28.2 Å². The predicted molar refractivity (Wildman–Crippen MR) is 103 cm³/mol. The van der Waals surface area contributed by atoms with Crippen LogP contribution in [-0.2, 0) is 18.0 Å². The summed E-state index contributed by atoms with van der Waals surface area (Å²) in [6, 6.07) is 0. The highest BCUT2D eigenvalue weighted by atomic mass is 28.4. The Bertz CT molecular complexity index is 401. The van der Waals surface area contributed by atoms with Crippen molar-refractivity contribution in [1.29, 1.82) is 0 Å². The average Bonchev–Trinajstić information content (AvgIpc) is 2.32. The lowest BCUT2D eigenvalue weighted by molar-refractivity contribution is -0.275. The first-order chi connectivity index (χ1) is 10.6. The van der Waals surface area contributed by atoms with Gasteiger partial charge in [-0.25, -0.2) is 0 Å². The molecular weight excluding hydrogens is 360 g/mol. The van der Waals surface area contributed by atoms with Crippen LogP contribution in [0.2, 0.25) is 58.9 Å². The molecule has 0 saturated carbocycles. The van der Waals surface area contributed by atoms with Crippen LogP contribution < -0.4 is 0 Å². The second kappa shape index (κ2) is 7.97. The Labute approximate surface area is 149 Å². The minimum absolute atomic E-state index is 0.225. The van der Waals surface area contributed by atoms with Gasteiger partial charge in [0.2, 0.25) is 0 Å². The summed E-state index contributed by atoms with van der Waals surface area (Å²) in [5.74, 6) is 0. The molecule has 0 radical (unpaired) electrons. The Kier molecular flexibility index (Phi) is 7.46. The average molecular weight is 397 g/mol. The SMILES string of the molecule is C[Si](C)(C)O[C@@H]1[C@H](O[Si](C)(C)C)[C@@H](O)O[C@H](CO)[C@H]1O[Si](C)(C)C. The Balaban J connectivity index is 3.20. The molecule has 9 heteroatoms. The zero-order valence-electron chi connectivity index (χ0n) is 16.6. The standard InChI is InChI=1S/C15H36O6Si3/c1-22(2,3)19-12-11(10-16)18-15(17)14(21-24(7,8)9)13(12)20-23(4,5)6/h11-17H,10H2,1-9H3/t11-,12-,13+,14+,15+/m1/s1. The van der Waals surface area contributed by atoms with Gasteiger partial charge in [0.1, 0.15) is 24.4 Å². The Morgan fingerprint density at radius 1 is 0.708 bits per heavy atom. The first-order valence-corrected chi connectivity index (χ1v) is 18.8. The Morgan fingerprint density at radius 3 is 1.46 bits per heavy atom. The minimum atomic E-state index is -1.94. The molecule has 0 aliphatic carbocycles. The van der Waals surface area contributed by atoms with E-state index in [1.165, 1.54) is 0 Å². The molecule has 0 spiro atoms. The first-order valence-electron chi connectivity index (χ1n) is 8.61. The van der Waals surface area contributed by atoms with E-state index in [-0.39, 0.29) is 6.61 Å². The molecule has 1 fully saturated rings. The third-order valence-corrected chi connectivity index (χ3v) is 6.20. The second-order valence-corrected chi connectivity index (χ2v) is 22.7. The van der Waals surface area contributed by atoms with Gasteiger partial charge in [0.15, 0.2) is 31.2 Å². The van der Waals surface area contributed by atoms with Crippen molar-refractivity contribution in [2.24, 2.45) is 0 Å². The van der Waals surface area contributed by atoms with Crippen LogP contribution >= 0.6 is 0 Å². The Morgan fingerprint density at radius 2 is 1.08 bits per heavy atom. The van der Waals surface area contributed by atoms with E-state index in [9.17, 15) is 10.2 Å². The highest BCUT2D eigenvalue weighted by Crippen LogP contribution is 2.32. The lowest BCUT2D eigenvalue weighted by atomic mass is 9.99. The van der Waals surface area contributed by atoms with Crippen molar-refractivity contribution < 1.29 is 28.2 Å². The fraction of sp³-hybridized carbons (Fsp3) is 1.00. The summed E-state index contributed by atoms with van der Waals surface area (Å²) >= 11 is 0. The monoisotopic (exact) mass is 396 g/mol. The maximum absolute atomic E-state index is 10.5. The normalized spacial score (nSPS) is 32.9. The van der Waals surface area contributed by atoms with Crippen LogP contribution in [0.1, 0.15) is 0 Å². The zero-order chi connectivity index (χ0) is 18.9. The van der Waals surface area contributed by atoms with E-state index in [0.717, 1.165) is 0 Å². The molecule has 144 valence electrons. The summed E-state index contributed by atoms with van der Waals surface area (Å²) in [5, 5.41) is 20.2. The van der Waals surface area contributed by atoms with Crippen molar-refractivity contribution in [3.05, 3.63) is 0 Å². The number of hydrogen-bond donors (Lipinski definition) is 2. The predicted octanol–water partition coefficient (Wildman–Crippen LogP) is 2.36. The fourth-order valence-corrected chi connectivity index (χ4v) is 5.92. The molecule has 1 rings (SSSR count). The van der Waals surface area contributed by atoms with Crippen molar-refractivity contribution in [1.82, 2.24) is 0 Å². The van der Waals surface area contributed by atoms with Crippen LogP contribution in [0.5, 0.6) is 0 Å². The van der Waals surface area contributed by atoms with Crippen LogP contribution in [-0.4, -0.2) is 72.5 Å². The summed E-state index contributed by atoms with van der Waals surface area (Å²) < 4.78 is 24.5. The molecule has 0 unspecified atom stereocenters. The topological polar surface area (TPSA) is 77.4 Å². The van der Waals surface area contributed by atoms with Crippen LogP contribution in [0.4, 0.5) is 0 Å². The summed E-state index contributed by atoms with van der Waals surface area (Å²) in [7, 11) is -5.78. The molecule has 0 aromatic carbocycles. The number of ether oxygens (including phenoxy) is 1. The number of rotatable bonds is 7. The number of hydrogen-bond acceptors (Lipinski definition) is 6. The van der Waals surface area contributed by atoms with E-state index in [0.29, 0.717) is 0 Å². The molecule has 0 bridgehead atoms. The van der Waals surface area contributed by atoms with Crippen molar-refractivity contribution >= 4 is 25.0 Å². The van der Waals surface area contributed by atoms with Gasteiger partial charge in [-0.3, -0.25) is 0 Å². The minimum Gasteiger partial charge on any atom is -0.409 e. The second-order valence-electron chi connectivity index (χ2n) is 9.33. The number of aliphatic hydroxyl groups is 2. The van der Waals surface area contributed by atoms with Crippen LogP contribution in [0, 0.1) is 0 Å². The lowest BCUT2D eigenvalue weighted by Crippen LogP contribution is -2.65. The maximum atomic E-state index is 10.5. The first kappa shape index (κ1) is 22.5. The van der Waals surface area contributed by atoms with E-state index in [2.05, 4.69) is 58.9 Å². The van der Waals surface area contributed by atoms with Gasteiger partial charge in [0.05, 0.1) is 6.61 Å². The van der Waals surface area contributed by atoms with Crippen molar-refractivity contribution in [2.75, 3.05) is 6.61 Å². The zero-order valence-corrected chi connectivity index (χ0v) is 19.6. The van der Waals surface area contributed by atoms with E-state index in [4.69, 9.17) is 18.0 Å². The van der Waals surface area contributed by atoms with Crippen molar-refractivity contribution in [2.45, 2.75) is 89.6 Å². The molecular formula is C15H36O6Si3. The quantitative estimate of drug-likeness (QED) is 0.643. The van der Waals surface area contributed by atoms with Gasteiger partial charge >= 0.3 is 0 Å². The summed E-state index contributed by atoms with van der Waals surface area (Å²) in [5.41, 5.74) is 0. The van der Waals surface area contributed by atoms with Gasteiger partial charge in [-0.15, -0.1) is 0 Å². The summed E-state index contributed by atoms with van der Waals surface area (Å²) in [4.78, 5) is 0. The molecule has 1 aliphatic rings. The highest BCUT2D eigenvalue weighted by molar-refractivity contribution is 6.70. The van der Waals surface area contributed by atoms with E-state index in [1.807, 2.05) is 0 Å². The molecule has 1 heterocycles. The molecule has 0 amide bonds. The van der Waals surface area contributed by atoms with Gasteiger partial charge in [0, 0.05) is 0 Å². The van der Waals surface area contributed by atoms with Gasteiger partial charge in [-0.2, -0.15) is 0 Å². The largest absolute Gasteiger partial charge is 0.409 e. The molecule has 1 saturated heterocycles. The van der Waals surface area contributed by atoms with E-state index < -0.39 is 55.7 Å².